The van der Waals surface area contributed by atoms with E-state index >= 15 is 0 Å². The van der Waals surface area contributed by atoms with E-state index in [-0.39, 0.29) is 11.5 Å². The van der Waals surface area contributed by atoms with Gasteiger partial charge in [0, 0.05) is 13.2 Å². The third-order valence-corrected chi connectivity index (χ3v) is 2.29. The molecule has 0 fully saturated rings. The molecule has 0 aliphatic heterocycles. The van der Waals surface area contributed by atoms with Crippen LogP contribution >= 0.6 is 0 Å². The Morgan fingerprint density at radius 2 is 2.35 bits per heavy atom. The molecule has 1 N–H and O–H groups in total. The number of carbonyl (C=O) groups excluding carboxylic acids is 1. The van der Waals surface area contributed by atoms with Crippen molar-refractivity contribution in [3.05, 3.63) is 41.9 Å². The van der Waals surface area contributed by atoms with Gasteiger partial charge < -0.3 is 18.8 Å². The van der Waals surface area contributed by atoms with Crippen molar-refractivity contribution >= 4 is 5.97 Å². The van der Waals surface area contributed by atoms with Gasteiger partial charge in [-0.25, -0.2) is 9.78 Å². The van der Waals surface area contributed by atoms with Crippen molar-refractivity contribution in [2.24, 2.45) is 7.05 Å². The van der Waals surface area contributed by atoms with E-state index in [1.54, 1.807) is 24.1 Å². The van der Waals surface area contributed by atoms with Gasteiger partial charge in [-0.15, -0.1) is 0 Å². The number of furan rings is 1. The molecule has 0 saturated carbocycles. The SMILES string of the molecule is COC(=O)c1ccc(C(O)c2cn(C)cn2)o1. The molecule has 0 aliphatic rings. The summed E-state index contributed by atoms with van der Waals surface area (Å²) >= 11 is 0. The molecule has 0 aromatic carbocycles. The second-order valence-electron chi connectivity index (χ2n) is 3.56. The molecule has 0 spiro atoms. The number of hydrogen-bond acceptors (Lipinski definition) is 5. The second-order valence-corrected chi connectivity index (χ2v) is 3.56. The molecular weight excluding hydrogens is 224 g/mol. The molecule has 0 bridgehead atoms. The van der Waals surface area contributed by atoms with Gasteiger partial charge >= 0.3 is 5.97 Å². The number of nitrogens with zero attached hydrogens (tertiary/aromatic N) is 2. The molecule has 2 aromatic rings. The Kier molecular flexibility index (Phi) is 2.97. The molecule has 6 heteroatoms. The van der Waals surface area contributed by atoms with E-state index in [0.29, 0.717) is 5.69 Å². The normalized spacial score (nSPS) is 12.4. The quantitative estimate of drug-likeness (QED) is 0.800. The monoisotopic (exact) mass is 236 g/mol. The van der Waals surface area contributed by atoms with Gasteiger partial charge in [-0.1, -0.05) is 0 Å². The van der Waals surface area contributed by atoms with Crippen LogP contribution in [0.1, 0.15) is 28.1 Å². The van der Waals surface area contributed by atoms with Gasteiger partial charge in [-0.05, 0) is 12.1 Å². The van der Waals surface area contributed by atoms with Gasteiger partial charge in [0.15, 0.2) is 6.10 Å². The number of esters is 1. The molecule has 6 nitrogen and oxygen atoms in total. The fourth-order valence-corrected chi connectivity index (χ4v) is 1.43. The molecule has 1 unspecified atom stereocenters. The molecule has 2 aromatic heterocycles. The van der Waals surface area contributed by atoms with Gasteiger partial charge in [0.25, 0.3) is 0 Å². The first-order valence-corrected chi connectivity index (χ1v) is 4.96. The van der Waals surface area contributed by atoms with Gasteiger partial charge in [0.05, 0.1) is 19.1 Å². The summed E-state index contributed by atoms with van der Waals surface area (Å²) in [6.07, 6.45) is 2.25. The highest BCUT2D eigenvalue weighted by molar-refractivity contribution is 5.86. The zero-order valence-corrected chi connectivity index (χ0v) is 9.45. The highest BCUT2D eigenvalue weighted by atomic mass is 16.5. The predicted octanol–water partition coefficient (Wildman–Crippen LogP) is 0.881. The van der Waals surface area contributed by atoms with Crippen LogP contribution in [0.3, 0.4) is 0 Å². The summed E-state index contributed by atoms with van der Waals surface area (Å²) < 4.78 is 11.4. The topological polar surface area (TPSA) is 77.5 Å². The zero-order chi connectivity index (χ0) is 12.4. The summed E-state index contributed by atoms with van der Waals surface area (Å²) in [4.78, 5) is 15.2. The zero-order valence-electron chi connectivity index (χ0n) is 9.45. The third kappa shape index (κ3) is 2.21. The maximum absolute atomic E-state index is 11.2. The maximum Gasteiger partial charge on any atom is 0.373 e. The lowest BCUT2D eigenvalue weighted by atomic mass is 10.2. The average Bonchev–Trinajstić information content (AvgIpc) is 2.95. The van der Waals surface area contributed by atoms with E-state index in [9.17, 15) is 9.90 Å². The second kappa shape index (κ2) is 4.42. The van der Waals surface area contributed by atoms with Crippen molar-refractivity contribution in [1.82, 2.24) is 9.55 Å². The highest BCUT2D eigenvalue weighted by Crippen LogP contribution is 2.22. The van der Waals surface area contributed by atoms with E-state index in [4.69, 9.17) is 4.42 Å². The lowest BCUT2D eigenvalue weighted by Crippen LogP contribution is -2.00. The van der Waals surface area contributed by atoms with Gasteiger partial charge in [0.1, 0.15) is 5.76 Å². The fourth-order valence-electron chi connectivity index (χ4n) is 1.43. The Morgan fingerprint density at radius 3 is 2.94 bits per heavy atom. The number of methoxy groups -OCH3 is 1. The molecular formula is C11H12N2O4. The van der Waals surface area contributed by atoms with E-state index in [2.05, 4.69) is 9.72 Å². The third-order valence-electron chi connectivity index (χ3n) is 2.29. The van der Waals surface area contributed by atoms with Crippen LogP contribution in [-0.2, 0) is 11.8 Å². The number of carbonyl (C=O) groups is 1. The van der Waals surface area contributed by atoms with Crippen LogP contribution in [0.4, 0.5) is 0 Å². The molecule has 0 saturated heterocycles. The minimum Gasteiger partial charge on any atom is -0.463 e. The lowest BCUT2D eigenvalue weighted by Gasteiger charge is -2.03. The number of imidazole rings is 1. The molecule has 0 amide bonds. The first kappa shape index (κ1) is 11.4. The number of aromatic nitrogens is 2. The lowest BCUT2D eigenvalue weighted by molar-refractivity contribution is 0.0557. The maximum atomic E-state index is 11.2. The molecule has 1 atom stereocenters. The average molecular weight is 236 g/mol. The van der Waals surface area contributed by atoms with Crippen LogP contribution in [-0.4, -0.2) is 27.7 Å². The largest absolute Gasteiger partial charge is 0.463 e. The van der Waals surface area contributed by atoms with Crippen molar-refractivity contribution in [2.45, 2.75) is 6.10 Å². The van der Waals surface area contributed by atoms with Crippen LogP contribution in [0, 0.1) is 0 Å². The Morgan fingerprint density at radius 1 is 1.59 bits per heavy atom. The number of aliphatic hydroxyl groups is 1. The van der Waals surface area contributed by atoms with Gasteiger partial charge in [0.2, 0.25) is 5.76 Å². The van der Waals surface area contributed by atoms with Crippen molar-refractivity contribution in [3.63, 3.8) is 0 Å². The number of ether oxygens (including phenoxy) is 1. The van der Waals surface area contributed by atoms with E-state index < -0.39 is 12.1 Å². The summed E-state index contributed by atoms with van der Waals surface area (Å²) in [6.45, 7) is 0. The Labute approximate surface area is 97.5 Å². The number of hydrogen-bond donors (Lipinski definition) is 1. The first-order valence-electron chi connectivity index (χ1n) is 4.96. The van der Waals surface area contributed by atoms with Crippen molar-refractivity contribution in [1.29, 1.82) is 0 Å². The molecule has 0 radical (unpaired) electrons. The Balaban J connectivity index is 2.23. The summed E-state index contributed by atoms with van der Waals surface area (Å²) in [5, 5.41) is 9.95. The van der Waals surface area contributed by atoms with Gasteiger partial charge in [-0.2, -0.15) is 0 Å². The number of rotatable bonds is 3. The first-order chi connectivity index (χ1) is 8.11. The molecule has 17 heavy (non-hydrogen) atoms. The Hall–Kier alpha value is -2.08. The summed E-state index contributed by atoms with van der Waals surface area (Å²) in [5.74, 6) is -0.272. The molecule has 0 aliphatic carbocycles. The van der Waals surface area contributed by atoms with Crippen LogP contribution < -0.4 is 0 Å². The minimum atomic E-state index is -0.991. The number of aliphatic hydroxyl groups excluding tert-OH is 1. The fraction of sp³-hybridized carbons (Fsp3) is 0.273. The van der Waals surface area contributed by atoms with Crippen LogP contribution in [0.15, 0.2) is 29.1 Å². The summed E-state index contributed by atoms with van der Waals surface area (Å²) in [7, 11) is 3.06. The van der Waals surface area contributed by atoms with E-state index in [1.165, 1.54) is 19.2 Å². The molecule has 2 heterocycles. The highest BCUT2D eigenvalue weighted by Gasteiger charge is 2.19. The standard InChI is InChI=1S/C11H12N2O4/c1-13-5-7(12-6-13)10(14)8-3-4-9(17-8)11(15)16-2/h3-6,10,14H,1-2H3. The van der Waals surface area contributed by atoms with Crippen LogP contribution in [0.2, 0.25) is 0 Å². The number of aryl methyl sites for hydroxylation is 1. The summed E-state index contributed by atoms with van der Waals surface area (Å²) in [6, 6.07) is 2.97. The smallest absolute Gasteiger partial charge is 0.373 e. The van der Waals surface area contributed by atoms with Crippen molar-refractivity contribution in [2.75, 3.05) is 7.11 Å². The van der Waals surface area contributed by atoms with Gasteiger partial charge in [-0.3, -0.25) is 0 Å². The minimum absolute atomic E-state index is 0.0532. The summed E-state index contributed by atoms with van der Waals surface area (Å²) in [5.41, 5.74) is 0.457. The van der Waals surface area contributed by atoms with Crippen molar-refractivity contribution in [3.8, 4) is 0 Å². The molecule has 90 valence electrons. The molecule has 2 rings (SSSR count). The van der Waals surface area contributed by atoms with Crippen LogP contribution in [0.25, 0.3) is 0 Å². The van der Waals surface area contributed by atoms with Crippen LogP contribution in [0.5, 0.6) is 0 Å². The van der Waals surface area contributed by atoms with E-state index in [1.807, 2.05) is 0 Å². The predicted molar refractivity (Wildman–Crippen MR) is 57.3 cm³/mol. The Bertz CT molecular complexity index is 529. The van der Waals surface area contributed by atoms with Crippen molar-refractivity contribution < 1.29 is 19.1 Å². The van der Waals surface area contributed by atoms with E-state index in [0.717, 1.165) is 0 Å².